The lowest BCUT2D eigenvalue weighted by Gasteiger charge is -2.20. The predicted molar refractivity (Wildman–Crippen MR) is 94.5 cm³/mol. The van der Waals surface area contributed by atoms with Gasteiger partial charge in [-0.05, 0) is 31.0 Å². The van der Waals surface area contributed by atoms with Crippen molar-refractivity contribution in [2.75, 3.05) is 7.11 Å². The number of methoxy groups -OCH3 is 1. The Hall–Kier alpha value is -2.04. The van der Waals surface area contributed by atoms with Crippen LogP contribution in [0.3, 0.4) is 0 Å². The van der Waals surface area contributed by atoms with Crippen LogP contribution in [0.25, 0.3) is 0 Å². The second-order valence-corrected chi connectivity index (χ2v) is 6.47. The summed E-state index contributed by atoms with van der Waals surface area (Å²) >= 11 is 0. The summed E-state index contributed by atoms with van der Waals surface area (Å²) in [5.74, 6) is 1.60. The highest BCUT2D eigenvalue weighted by Gasteiger charge is 2.30. The molecule has 0 heterocycles. The number of hydrogen-bond donors (Lipinski definition) is 2. The van der Waals surface area contributed by atoms with Crippen LogP contribution in [-0.4, -0.2) is 24.4 Å². The van der Waals surface area contributed by atoms with Gasteiger partial charge in [-0.2, -0.15) is 0 Å². The Morgan fingerprint density at radius 3 is 2.75 bits per heavy atom. The highest BCUT2D eigenvalue weighted by Crippen LogP contribution is 2.32. The monoisotopic (exact) mass is 327 g/mol. The molecular formula is C20H25NO3. The zero-order valence-corrected chi connectivity index (χ0v) is 14.5. The van der Waals surface area contributed by atoms with E-state index >= 15 is 0 Å². The Morgan fingerprint density at radius 1 is 1.21 bits per heavy atom. The van der Waals surface area contributed by atoms with Gasteiger partial charge in [0, 0.05) is 24.6 Å². The molecule has 2 atom stereocenters. The van der Waals surface area contributed by atoms with Crippen LogP contribution in [0.1, 0.15) is 36.6 Å². The normalized spacial score (nSPS) is 19.4. The molecule has 4 heteroatoms. The van der Waals surface area contributed by atoms with Crippen molar-refractivity contribution in [1.29, 1.82) is 0 Å². The predicted octanol–water partition coefficient (Wildman–Crippen LogP) is 3.23. The van der Waals surface area contributed by atoms with E-state index in [1.165, 1.54) is 11.1 Å². The highest BCUT2D eigenvalue weighted by atomic mass is 16.5. The van der Waals surface area contributed by atoms with E-state index in [0.717, 1.165) is 17.1 Å². The summed E-state index contributed by atoms with van der Waals surface area (Å²) in [5.41, 5.74) is 3.46. The smallest absolute Gasteiger partial charge is 0.127 e. The number of benzene rings is 2. The quantitative estimate of drug-likeness (QED) is 0.855. The van der Waals surface area contributed by atoms with Crippen molar-refractivity contribution in [3.63, 3.8) is 0 Å². The zero-order valence-electron chi connectivity index (χ0n) is 14.5. The first-order chi connectivity index (χ1) is 11.6. The van der Waals surface area contributed by atoms with Crippen LogP contribution in [-0.2, 0) is 13.0 Å². The number of fused-ring (bicyclic) bond motifs is 1. The fourth-order valence-corrected chi connectivity index (χ4v) is 3.21. The third-order valence-corrected chi connectivity index (χ3v) is 4.35. The number of nitrogens with one attached hydrogen (secondary N) is 1. The first-order valence-corrected chi connectivity index (χ1v) is 8.41. The van der Waals surface area contributed by atoms with Crippen molar-refractivity contribution < 1.29 is 14.6 Å². The maximum absolute atomic E-state index is 10.4. The van der Waals surface area contributed by atoms with Crippen LogP contribution in [0.2, 0.25) is 0 Å². The zero-order chi connectivity index (χ0) is 17.1. The Kier molecular flexibility index (Phi) is 5.07. The molecule has 2 N–H and O–H groups in total. The third kappa shape index (κ3) is 3.55. The summed E-state index contributed by atoms with van der Waals surface area (Å²) in [6, 6.07) is 14.0. The number of hydrogen-bond acceptors (Lipinski definition) is 4. The van der Waals surface area contributed by atoms with Gasteiger partial charge in [-0.25, -0.2) is 0 Å². The first kappa shape index (κ1) is 16.8. The van der Waals surface area contributed by atoms with Crippen molar-refractivity contribution in [3.8, 4) is 11.5 Å². The minimum atomic E-state index is -0.393. The number of ether oxygens (including phenoxy) is 2. The molecule has 3 rings (SSSR count). The maximum atomic E-state index is 10.4. The minimum Gasteiger partial charge on any atom is -0.497 e. The molecule has 4 nitrogen and oxygen atoms in total. The molecule has 0 amide bonds. The SMILES string of the molecule is COc1ccc(CN[C@@H]2c3ccccc3C[C@@H]2O)c(OC(C)C)c1. The molecule has 0 saturated heterocycles. The second-order valence-electron chi connectivity index (χ2n) is 6.47. The van der Waals surface area contributed by atoms with Crippen LogP contribution in [0.15, 0.2) is 42.5 Å². The summed E-state index contributed by atoms with van der Waals surface area (Å²) in [6.45, 7) is 4.64. The van der Waals surface area contributed by atoms with Gasteiger partial charge in [0.1, 0.15) is 11.5 Å². The molecule has 0 aromatic heterocycles. The Balaban J connectivity index is 1.77. The highest BCUT2D eigenvalue weighted by molar-refractivity contribution is 5.41. The van der Waals surface area contributed by atoms with Crippen LogP contribution in [0.4, 0.5) is 0 Å². The van der Waals surface area contributed by atoms with Crippen molar-refractivity contribution >= 4 is 0 Å². The topological polar surface area (TPSA) is 50.7 Å². The summed E-state index contributed by atoms with van der Waals surface area (Å²) in [4.78, 5) is 0. The average molecular weight is 327 g/mol. The molecule has 0 radical (unpaired) electrons. The van der Waals surface area contributed by atoms with Gasteiger partial charge in [0.2, 0.25) is 0 Å². The third-order valence-electron chi connectivity index (χ3n) is 4.35. The van der Waals surface area contributed by atoms with Gasteiger partial charge in [-0.15, -0.1) is 0 Å². The van der Waals surface area contributed by atoms with Crippen molar-refractivity contribution in [2.45, 2.75) is 45.1 Å². The van der Waals surface area contributed by atoms with E-state index in [-0.39, 0.29) is 12.1 Å². The molecule has 2 aromatic rings. The van der Waals surface area contributed by atoms with E-state index in [9.17, 15) is 5.11 Å². The molecule has 1 aliphatic carbocycles. The number of aliphatic hydroxyl groups is 1. The van der Waals surface area contributed by atoms with E-state index in [2.05, 4.69) is 17.4 Å². The van der Waals surface area contributed by atoms with E-state index in [0.29, 0.717) is 13.0 Å². The van der Waals surface area contributed by atoms with Crippen LogP contribution in [0, 0.1) is 0 Å². The fraction of sp³-hybridized carbons (Fsp3) is 0.400. The molecule has 2 aromatic carbocycles. The molecule has 0 aliphatic heterocycles. The lowest BCUT2D eigenvalue weighted by atomic mass is 10.1. The van der Waals surface area contributed by atoms with Gasteiger partial charge in [0.15, 0.2) is 0 Å². The summed E-state index contributed by atoms with van der Waals surface area (Å²) < 4.78 is 11.2. The molecular weight excluding hydrogens is 302 g/mol. The number of aliphatic hydroxyl groups excluding tert-OH is 1. The average Bonchev–Trinajstić information content (AvgIpc) is 2.88. The first-order valence-electron chi connectivity index (χ1n) is 8.41. The minimum absolute atomic E-state index is 0.0461. The summed E-state index contributed by atoms with van der Waals surface area (Å²) in [6.07, 6.45) is 0.398. The summed E-state index contributed by atoms with van der Waals surface area (Å²) in [7, 11) is 1.65. The lowest BCUT2D eigenvalue weighted by molar-refractivity contribution is 0.140. The Morgan fingerprint density at radius 2 is 2.00 bits per heavy atom. The standard InChI is InChI=1S/C20H25NO3/c1-13(2)24-19-11-16(23-3)9-8-15(19)12-21-20-17-7-5-4-6-14(17)10-18(20)22/h4-9,11,13,18,20-22H,10,12H2,1-3H3/t18-,20+/m0/s1. The van der Waals surface area contributed by atoms with Crippen molar-refractivity contribution in [3.05, 3.63) is 59.2 Å². The molecule has 0 saturated carbocycles. The number of rotatable bonds is 6. The summed E-state index contributed by atoms with van der Waals surface area (Å²) in [5, 5.41) is 13.9. The second kappa shape index (κ2) is 7.24. The van der Waals surface area contributed by atoms with Gasteiger partial charge < -0.3 is 19.9 Å². The van der Waals surface area contributed by atoms with Crippen LogP contribution >= 0.6 is 0 Å². The van der Waals surface area contributed by atoms with Gasteiger partial charge in [0.05, 0.1) is 25.4 Å². The Labute approximate surface area is 143 Å². The van der Waals surface area contributed by atoms with Gasteiger partial charge in [-0.1, -0.05) is 30.3 Å². The van der Waals surface area contributed by atoms with E-state index < -0.39 is 6.10 Å². The van der Waals surface area contributed by atoms with Crippen LogP contribution < -0.4 is 14.8 Å². The fourth-order valence-electron chi connectivity index (χ4n) is 3.21. The maximum Gasteiger partial charge on any atom is 0.127 e. The van der Waals surface area contributed by atoms with Gasteiger partial charge in [-0.3, -0.25) is 0 Å². The molecule has 0 spiro atoms. The van der Waals surface area contributed by atoms with Gasteiger partial charge >= 0.3 is 0 Å². The van der Waals surface area contributed by atoms with Crippen molar-refractivity contribution in [2.24, 2.45) is 0 Å². The van der Waals surface area contributed by atoms with Crippen molar-refractivity contribution in [1.82, 2.24) is 5.32 Å². The van der Waals surface area contributed by atoms with E-state index in [4.69, 9.17) is 9.47 Å². The molecule has 128 valence electrons. The molecule has 0 bridgehead atoms. The van der Waals surface area contributed by atoms with E-state index in [1.807, 2.05) is 44.2 Å². The molecule has 24 heavy (non-hydrogen) atoms. The Bertz CT molecular complexity index is 699. The molecule has 0 unspecified atom stereocenters. The molecule has 1 aliphatic rings. The lowest BCUT2D eigenvalue weighted by Crippen LogP contribution is -2.28. The van der Waals surface area contributed by atoms with E-state index in [1.54, 1.807) is 7.11 Å². The molecule has 0 fully saturated rings. The van der Waals surface area contributed by atoms with Gasteiger partial charge in [0.25, 0.3) is 0 Å². The van der Waals surface area contributed by atoms with Crippen LogP contribution in [0.5, 0.6) is 11.5 Å². The largest absolute Gasteiger partial charge is 0.497 e.